The zero-order chi connectivity index (χ0) is 12.1. The van der Waals surface area contributed by atoms with Crippen molar-refractivity contribution < 1.29 is 4.79 Å². The minimum atomic E-state index is 0.0864. The van der Waals surface area contributed by atoms with Gasteiger partial charge in [-0.1, -0.05) is 0 Å². The summed E-state index contributed by atoms with van der Waals surface area (Å²) in [5.74, 6) is 1.25. The van der Waals surface area contributed by atoms with Gasteiger partial charge in [-0.3, -0.25) is 14.8 Å². The Bertz CT molecular complexity index is 346. The normalized spacial score (nSPS) is 17.4. The first kappa shape index (κ1) is 12.4. The number of amides is 1. The molecule has 5 nitrogen and oxygen atoms in total. The topological polar surface area (TPSA) is 52.2 Å². The van der Waals surface area contributed by atoms with E-state index in [2.05, 4.69) is 21.4 Å². The summed E-state index contributed by atoms with van der Waals surface area (Å²) in [7, 11) is 0. The van der Waals surface area contributed by atoms with Crippen molar-refractivity contribution in [3.8, 4) is 0 Å². The summed E-state index contributed by atoms with van der Waals surface area (Å²) < 4.78 is 0. The molecule has 1 saturated heterocycles. The van der Waals surface area contributed by atoms with Crippen molar-refractivity contribution in [2.75, 3.05) is 44.7 Å². The van der Waals surface area contributed by atoms with E-state index < -0.39 is 0 Å². The van der Waals surface area contributed by atoms with Crippen LogP contribution in [0.5, 0.6) is 0 Å². The minimum absolute atomic E-state index is 0.0864. The predicted octanol–water partition coefficient (Wildman–Crippen LogP) is 0.530. The second-order valence-electron chi connectivity index (χ2n) is 4.11. The third-order valence-corrected chi connectivity index (χ3v) is 3.61. The first-order chi connectivity index (χ1) is 8.31. The van der Waals surface area contributed by atoms with E-state index in [1.54, 1.807) is 12.4 Å². The van der Waals surface area contributed by atoms with Gasteiger partial charge in [-0.15, -0.1) is 0 Å². The average Bonchev–Trinajstić information content (AvgIpc) is 2.90. The molecule has 2 rings (SSSR count). The fourth-order valence-electron chi connectivity index (χ4n) is 1.95. The molecule has 0 atom stereocenters. The quantitative estimate of drug-likeness (QED) is 0.851. The summed E-state index contributed by atoms with van der Waals surface area (Å²) in [6, 6.07) is 0. The molecule has 0 bridgehead atoms. The van der Waals surface area contributed by atoms with E-state index in [0.717, 1.165) is 38.5 Å². The van der Waals surface area contributed by atoms with Gasteiger partial charge in [0.2, 0.25) is 0 Å². The van der Waals surface area contributed by atoms with E-state index in [-0.39, 0.29) is 5.91 Å². The first-order valence-corrected chi connectivity index (χ1v) is 7.20. The number of aromatic amines is 1. The highest BCUT2D eigenvalue weighted by Gasteiger charge is 2.22. The van der Waals surface area contributed by atoms with Gasteiger partial charge in [-0.05, 0) is 6.26 Å². The summed E-state index contributed by atoms with van der Waals surface area (Å²) in [6.07, 6.45) is 5.36. The molecule has 0 spiro atoms. The Morgan fingerprint density at radius 1 is 1.47 bits per heavy atom. The number of nitrogens with one attached hydrogen (secondary N) is 1. The number of hydrogen-bond acceptors (Lipinski definition) is 4. The van der Waals surface area contributed by atoms with Gasteiger partial charge in [0.15, 0.2) is 0 Å². The van der Waals surface area contributed by atoms with E-state index in [0.29, 0.717) is 5.56 Å². The van der Waals surface area contributed by atoms with Crippen LogP contribution in [-0.4, -0.2) is 70.6 Å². The molecule has 0 unspecified atom stereocenters. The van der Waals surface area contributed by atoms with Gasteiger partial charge in [0, 0.05) is 44.7 Å². The molecule has 0 aliphatic carbocycles. The number of carbonyl (C=O) groups excluding carboxylic acids is 1. The Kier molecular flexibility index (Phi) is 4.44. The Morgan fingerprint density at radius 2 is 2.24 bits per heavy atom. The number of carbonyl (C=O) groups is 1. The van der Waals surface area contributed by atoms with Gasteiger partial charge in [0.1, 0.15) is 0 Å². The predicted molar refractivity (Wildman–Crippen MR) is 69.3 cm³/mol. The van der Waals surface area contributed by atoms with Crippen molar-refractivity contribution in [2.24, 2.45) is 0 Å². The zero-order valence-electron chi connectivity index (χ0n) is 10.1. The van der Waals surface area contributed by atoms with Crippen LogP contribution in [0.25, 0.3) is 0 Å². The lowest BCUT2D eigenvalue weighted by molar-refractivity contribution is 0.0644. The summed E-state index contributed by atoms with van der Waals surface area (Å²) in [5.41, 5.74) is 0.655. The number of hydrogen-bond donors (Lipinski definition) is 1. The van der Waals surface area contributed by atoms with E-state index >= 15 is 0 Å². The van der Waals surface area contributed by atoms with Crippen LogP contribution in [0.4, 0.5) is 0 Å². The number of aromatic nitrogens is 2. The molecule has 1 aliphatic rings. The number of H-pyrrole nitrogens is 1. The fraction of sp³-hybridized carbons (Fsp3) is 0.636. The largest absolute Gasteiger partial charge is 0.336 e. The minimum Gasteiger partial charge on any atom is -0.336 e. The SMILES string of the molecule is CSCCN1CCN(C(=O)c2cn[nH]c2)CC1. The Morgan fingerprint density at radius 3 is 2.82 bits per heavy atom. The van der Waals surface area contributed by atoms with Crippen molar-refractivity contribution in [3.05, 3.63) is 18.0 Å². The highest BCUT2D eigenvalue weighted by Crippen LogP contribution is 2.07. The molecule has 6 heteroatoms. The number of thioether (sulfide) groups is 1. The number of nitrogens with zero attached hydrogens (tertiary/aromatic N) is 3. The van der Waals surface area contributed by atoms with Gasteiger partial charge < -0.3 is 4.90 Å². The highest BCUT2D eigenvalue weighted by molar-refractivity contribution is 7.98. The second kappa shape index (κ2) is 6.07. The summed E-state index contributed by atoms with van der Waals surface area (Å²) in [4.78, 5) is 16.3. The van der Waals surface area contributed by atoms with Crippen molar-refractivity contribution >= 4 is 17.7 Å². The second-order valence-corrected chi connectivity index (χ2v) is 5.10. The molecule has 1 N–H and O–H groups in total. The lowest BCUT2D eigenvalue weighted by Gasteiger charge is -2.34. The van der Waals surface area contributed by atoms with E-state index in [1.807, 2.05) is 16.7 Å². The average molecular weight is 254 g/mol. The summed E-state index contributed by atoms with van der Waals surface area (Å²) in [5, 5.41) is 6.48. The van der Waals surface area contributed by atoms with Gasteiger partial charge in [0.05, 0.1) is 11.8 Å². The van der Waals surface area contributed by atoms with Crippen LogP contribution in [0.1, 0.15) is 10.4 Å². The van der Waals surface area contributed by atoms with E-state index in [9.17, 15) is 4.79 Å². The first-order valence-electron chi connectivity index (χ1n) is 5.80. The van der Waals surface area contributed by atoms with Crippen molar-refractivity contribution in [2.45, 2.75) is 0 Å². The molecule has 2 heterocycles. The van der Waals surface area contributed by atoms with Crippen LogP contribution in [0, 0.1) is 0 Å². The maximum Gasteiger partial charge on any atom is 0.257 e. The van der Waals surface area contributed by atoms with Gasteiger partial charge >= 0.3 is 0 Å². The Labute approximate surface area is 106 Å². The summed E-state index contributed by atoms with van der Waals surface area (Å²) in [6.45, 7) is 4.71. The smallest absolute Gasteiger partial charge is 0.257 e. The molecule has 17 heavy (non-hydrogen) atoms. The van der Waals surface area contributed by atoms with Gasteiger partial charge in [-0.25, -0.2) is 0 Å². The van der Waals surface area contributed by atoms with Crippen LogP contribution >= 0.6 is 11.8 Å². The molecule has 1 aliphatic heterocycles. The van der Waals surface area contributed by atoms with Crippen molar-refractivity contribution in [3.63, 3.8) is 0 Å². The molecule has 1 fully saturated rings. The third-order valence-electron chi connectivity index (χ3n) is 3.02. The third kappa shape index (κ3) is 3.23. The Hall–Kier alpha value is -1.01. The zero-order valence-corrected chi connectivity index (χ0v) is 10.9. The van der Waals surface area contributed by atoms with Crippen LogP contribution < -0.4 is 0 Å². The standard InChI is InChI=1S/C11H18N4OS/c1-17-7-6-14-2-4-15(5-3-14)11(16)10-8-12-13-9-10/h8-9H,2-7H2,1H3,(H,12,13). The van der Waals surface area contributed by atoms with Crippen molar-refractivity contribution in [1.82, 2.24) is 20.0 Å². The molecule has 94 valence electrons. The molecule has 1 amide bonds. The molecule has 1 aromatic rings. The maximum atomic E-state index is 12.0. The number of piperazine rings is 1. The molecular formula is C11H18N4OS. The van der Waals surface area contributed by atoms with Crippen molar-refractivity contribution in [1.29, 1.82) is 0 Å². The van der Waals surface area contributed by atoms with Crippen LogP contribution in [0.3, 0.4) is 0 Å². The Balaban J connectivity index is 1.81. The maximum absolute atomic E-state index is 12.0. The van der Waals surface area contributed by atoms with E-state index in [4.69, 9.17) is 0 Å². The molecule has 0 saturated carbocycles. The fourth-order valence-corrected chi connectivity index (χ4v) is 2.39. The monoisotopic (exact) mass is 254 g/mol. The van der Waals surface area contributed by atoms with Crippen LogP contribution in [-0.2, 0) is 0 Å². The molecule has 1 aromatic heterocycles. The number of rotatable bonds is 4. The lowest BCUT2D eigenvalue weighted by Crippen LogP contribution is -2.49. The van der Waals surface area contributed by atoms with Gasteiger partial charge in [-0.2, -0.15) is 16.9 Å². The van der Waals surface area contributed by atoms with Crippen LogP contribution in [0.15, 0.2) is 12.4 Å². The molecule has 0 aromatic carbocycles. The molecule has 0 radical (unpaired) electrons. The summed E-state index contributed by atoms with van der Waals surface area (Å²) >= 11 is 1.87. The van der Waals surface area contributed by atoms with Gasteiger partial charge in [0.25, 0.3) is 5.91 Å². The van der Waals surface area contributed by atoms with Crippen LogP contribution in [0.2, 0.25) is 0 Å². The van der Waals surface area contributed by atoms with E-state index in [1.165, 1.54) is 0 Å². The molecular weight excluding hydrogens is 236 g/mol. The highest BCUT2D eigenvalue weighted by atomic mass is 32.2. The lowest BCUT2D eigenvalue weighted by atomic mass is 10.2.